The summed E-state index contributed by atoms with van der Waals surface area (Å²) >= 11 is 0. The summed E-state index contributed by atoms with van der Waals surface area (Å²) in [5, 5.41) is 17.4. The van der Waals surface area contributed by atoms with E-state index in [1.807, 2.05) is 45.9 Å². The second-order valence-corrected chi connectivity index (χ2v) is 8.65. The maximum absolute atomic E-state index is 12.5. The Kier molecular flexibility index (Phi) is 7.12. The quantitative estimate of drug-likeness (QED) is 0.315. The van der Waals surface area contributed by atoms with Gasteiger partial charge < -0.3 is 15.4 Å². The Morgan fingerprint density at radius 1 is 1.09 bits per heavy atom. The predicted octanol–water partition coefficient (Wildman–Crippen LogP) is 5.21. The van der Waals surface area contributed by atoms with E-state index in [1.54, 1.807) is 0 Å². The molecule has 170 valence electrons. The molecule has 3 rings (SSSR count). The van der Waals surface area contributed by atoms with Crippen molar-refractivity contribution in [1.82, 2.24) is 0 Å². The number of nitrogens with zero attached hydrogens (tertiary/aromatic N) is 1. The number of rotatable bonds is 9. The molecule has 2 aromatic carbocycles. The second kappa shape index (κ2) is 9.80. The van der Waals surface area contributed by atoms with E-state index < -0.39 is 23.4 Å². The van der Waals surface area contributed by atoms with E-state index in [1.165, 1.54) is 18.2 Å². The summed E-state index contributed by atoms with van der Waals surface area (Å²) < 4.78 is 5.14. The molecule has 0 aliphatic heterocycles. The van der Waals surface area contributed by atoms with Crippen molar-refractivity contribution in [2.45, 2.75) is 58.4 Å². The zero-order valence-corrected chi connectivity index (χ0v) is 18.8. The summed E-state index contributed by atoms with van der Waals surface area (Å²) in [6, 6.07) is 10.3. The van der Waals surface area contributed by atoms with Gasteiger partial charge in [-0.05, 0) is 47.9 Å². The number of esters is 1. The molecule has 2 aromatic rings. The minimum atomic E-state index is -0.789. The number of ether oxygens (including phenoxy) is 1. The van der Waals surface area contributed by atoms with Gasteiger partial charge in [-0.1, -0.05) is 45.9 Å². The van der Waals surface area contributed by atoms with Crippen LogP contribution < -0.4 is 10.6 Å². The van der Waals surface area contributed by atoms with Crippen LogP contribution in [0, 0.1) is 10.1 Å². The summed E-state index contributed by atoms with van der Waals surface area (Å²) in [5.74, 6) is -0.845. The molecule has 8 nitrogen and oxygen atoms in total. The molecule has 0 heterocycles. The van der Waals surface area contributed by atoms with Gasteiger partial charge in [0.2, 0.25) is 0 Å². The van der Waals surface area contributed by atoms with Gasteiger partial charge >= 0.3 is 5.97 Å². The molecule has 8 heteroatoms. The third kappa shape index (κ3) is 5.63. The number of carbonyl (C=O) groups is 2. The maximum atomic E-state index is 12.5. The van der Waals surface area contributed by atoms with Crippen LogP contribution >= 0.6 is 0 Å². The van der Waals surface area contributed by atoms with Crippen LogP contribution in [0.15, 0.2) is 36.4 Å². The fourth-order valence-electron chi connectivity index (χ4n) is 3.46. The predicted molar refractivity (Wildman–Crippen MR) is 123 cm³/mol. The molecule has 2 N–H and O–H groups in total. The molecule has 0 radical (unpaired) electrons. The standard InChI is InChI=1S/C24H29N3O5/c1-14(2)18-6-5-7-19(15(3)4)23(18)26-22(28)13-32-24(29)16-8-11-20(25-17-9-10-17)21(12-16)27(30)31/h5-8,11-12,14-15,17,25H,9-10,13H2,1-4H3,(H,26,28). The minimum Gasteiger partial charge on any atom is -0.452 e. The first-order valence-electron chi connectivity index (χ1n) is 10.8. The largest absolute Gasteiger partial charge is 0.452 e. The summed E-state index contributed by atoms with van der Waals surface area (Å²) in [5.41, 5.74) is 2.96. The SMILES string of the molecule is CC(C)c1cccc(C(C)C)c1NC(=O)COC(=O)c1ccc(NC2CC2)c([N+](=O)[O-])c1. The number of nitro benzene ring substituents is 1. The van der Waals surface area contributed by atoms with Gasteiger partial charge in [0.05, 0.1) is 10.5 Å². The lowest BCUT2D eigenvalue weighted by Crippen LogP contribution is -2.22. The molecule has 0 spiro atoms. The smallest absolute Gasteiger partial charge is 0.338 e. The normalized spacial score (nSPS) is 13.2. The van der Waals surface area contributed by atoms with Gasteiger partial charge in [-0.15, -0.1) is 0 Å². The van der Waals surface area contributed by atoms with E-state index in [4.69, 9.17) is 4.74 Å². The third-order valence-electron chi connectivity index (χ3n) is 5.34. The monoisotopic (exact) mass is 439 g/mol. The molecule has 0 saturated heterocycles. The Bertz CT molecular complexity index is 1000. The minimum absolute atomic E-state index is 0.0243. The van der Waals surface area contributed by atoms with E-state index in [9.17, 15) is 19.7 Å². The first-order chi connectivity index (χ1) is 15.2. The van der Waals surface area contributed by atoms with Gasteiger partial charge in [0.15, 0.2) is 6.61 Å². The molecule has 0 aromatic heterocycles. The lowest BCUT2D eigenvalue weighted by Gasteiger charge is -2.20. The summed E-state index contributed by atoms with van der Waals surface area (Å²) in [6.45, 7) is 7.69. The first-order valence-corrected chi connectivity index (χ1v) is 10.8. The van der Waals surface area contributed by atoms with Crippen LogP contribution in [0.4, 0.5) is 17.1 Å². The number of nitrogens with one attached hydrogen (secondary N) is 2. The summed E-state index contributed by atoms with van der Waals surface area (Å²) in [4.78, 5) is 35.8. The summed E-state index contributed by atoms with van der Waals surface area (Å²) in [7, 11) is 0. The lowest BCUT2D eigenvalue weighted by atomic mass is 9.92. The van der Waals surface area contributed by atoms with Crippen LogP contribution in [0.2, 0.25) is 0 Å². The van der Waals surface area contributed by atoms with Crippen LogP contribution in [-0.4, -0.2) is 29.4 Å². The van der Waals surface area contributed by atoms with Crippen LogP contribution in [0.1, 0.15) is 73.9 Å². The molecule has 32 heavy (non-hydrogen) atoms. The lowest BCUT2D eigenvalue weighted by molar-refractivity contribution is -0.384. The number of nitro groups is 1. The number of carbonyl (C=O) groups excluding carboxylic acids is 2. The van der Waals surface area contributed by atoms with E-state index >= 15 is 0 Å². The molecular formula is C24H29N3O5. The molecule has 0 bridgehead atoms. The molecule has 0 atom stereocenters. The van der Waals surface area contributed by atoms with Gasteiger partial charge in [0.1, 0.15) is 5.69 Å². The zero-order valence-electron chi connectivity index (χ0n) is 18.8. The van der Waals surface area contributed by atoms with Crippen molar-refractivity contribution in [3.05, 3.63) is 63.2 Å². The van der Waals surface area contributed by atoms with Gasteiger partial charge in [-0.25, -0.2) is 4.79 Å². The Morgan fingerprint density at radius 3 is 2.25 bits per heavy atom. The van der Waals surface area contributed by atoms with Crippen molar-refractivity contribution >= 4 is 28.9 Å². The molecule has 1 amide bonds. The maximum Gasteiger partial charge on any atom is 0.338 e. The molecule has 1 saturated carbocycles. The highest BCUT2D eigenvalue weighted by Crippen LogP contribution is 2.33. The van der Waals surface area contributed by atoms with Crippen LogP contribution in [-0.2, 0) is 9.53 Å². The van der Waals surface area contributed by atoms with Crippen LogP contribution in [0.5, 0.6) is 0 Å². The molecule has 1 fully saturated rings. The first kappa shape index (κ1) is 23.2. The van der Waals surface area contributed by atoms with E-state index in [0.717, 1.165) is 29.7 Å². The third-order valence-corrected chi connectivity index (χ3v) is 5.34. The number of amides is 1. The number of hydrogen-bond donors (Lipinski definition) is 2. The van der Waals surface area contributed by atoms with Crippen molar-refractivity contribution in [2.75, 3.05) is 17.2 Å². The van der Waals surface area contributed by atoms with Crippen molar-refractivity contribution in [3.8, 4) is 0 Å². The fraction of sp³-hybridized carbons (Fsp3) is 0.417. The van der Waals surface area contributed by atoms with E-state index in [2.05, 4.69) is 10.6 Å². The van der Waals surface area contributed by atoms with Crippen LogP contribution in [0.25, 0.3) is 0 Å². The fourth-order valence-corrected chi connectivity index (χ4v) is 3.46. The number of anilines is 2. The van der Waals surface area contributed by atoms with Crippen molar-refractivity contribution in [2.24, 2.45) is 0 Å². The highest BCUT2D eigenvalue weighted by Gasteiger charge is 2.26. The average Bonchev–Trinajstić information content (AvgIpc) is 3.56. The van der Waals surface area contributed by atoms with Gasteiger partial charge in [-0.3, -0.25) is 14.9 Å². The number of hydrogen-bond acceptors (Lipinski definition) is 6. The zero-order chi connectivity index (χ0) is 23.4. The second-order valence-electron chi connectivity index (χ2n) is 8.65. The summed E-state index contributed by atoms with van der Waals surface area (Å²) in [6.07, 6.45) is 1.93. The number of benzene rings is 2. The highest BCUT2D eigenvalue weighted by molar-refractivity contribution is 5.97. The highest BCUT2D eigenvalue weighted by atomic mass is 16.6. The molecule has 1 aliphatic carbocycles. The molecule has 0 unspecified atom stereocenters. The number of para-hydroxylation sites is 1. The van der Waals surface area contributed by atoms with Gasteiger partial charge in [-0.2, -0.15) is 0 Å². The van der Waals surface area contributed by atoms with Crippen molar-refractivity contribution < 1.29 is 19.2 Å². The topological polar surface area (TPSA) is 111 Å². The Hall–Kier alpha value is -3.42. The molecular weight excluding hydrogens is 410 g/mol. The van der Waals surface area contributed by atoms with Crippen molar-refractivity contribution in [3.63, 3.8) is 0 Å². The van der Waals surface area contributed by atoms with E-state index in [-0.39, 0.29) is 29.1 Å². The Morgan fingerprint density at radius 2 is 1.72 bits per heavy atom. The Labute approximate surface area is 187 Å². The van der Waals surface area contributed by atoms with Crippen LogP contribution in [0.3, 0.4) is 0 Å². The van der Waals surface area contributed by atoms with E-state index in [0.29, 0.717) is 5.69 Å². The average molecular weight is 440 g/mol. The van der Waals surface area contributed by atoms with Gasteiger partial charge in [0.25, 0.3) is 11.6 Å². The van der Waals surface area contributed by atoms with Gasteiger partial charge in [0, 0.05) is 17.8 Å². The Balaban J connectivity index is 1.68. The molecule has 1 aliphatic rings. The van der Waals surface area contributed by atoms with Crippen molar-refractivity contribution in [1.29, 1.82) is 0 Å².